The molecule has 0 spiro atoms. The van der Waals surface area contributed by atoms with Gasteiger partial charge in [0.1, 0.15) is 4.90 Å². The van der Waals surface area contributed by atoms with E-state index in [0.29, 0.717) is 20.5 Å². The van der Waals surface area contributed by atoms with Crippen molar-refractivity contribution in [1.82, 2.24) is 0 Å². The lowest BCUT2D eigenvalue weighted by Gasteiger charge is -2.08. The van der Waals surface area contributed by atoms with Crippen molar-refractivity contribution in [3.8, 4) is 0 Å². The second-order valence-electron chi connectivity index (χ2n) is 6.22. The molecule has 10 heteroatoms. The molecule has 1 aliphatic rings. The summed E-state index contributed by atoms with van der Waals surface area (Å²) >= 11 is 6.91. The van der Waals surface area contributed by atoms with E-state index < -0.39 is 16.0 Å². The zero-order valence-corrected chi connectivity index (χ0v) is 17.6. The SMILES string of the molecule is O=C(OCC(=O)c1ccc(Cl)s1)c1ccc(NC2=NS(=O)(=O)c3ccccc32)cc1. The number of carbonyl (C=O) groups excluding carboxylic acids is 2. The molecule has 30 heavy (non-hydrogen) atoms. The summed E-state index contributed by atoms with van der Waals surface area (Å²) in [5.41, 5.74) is 1.27. The average molecular weight is 461 g/mol. The molecule has 0 atom stereocenters. The first-order valence-electron chi connectivity index (χ1n) is 8.60. The Morgan fingerprint density at radius 3 is 2.47 bits per heavy atom. The number of nitrogens with one attached hydrogen (secondary N) is 1. The van der Waals surface area contributed by atoms with E-state index in [9.17, 15) is 18.0 Å². The zero-order valence-electron chi connectivity index (χ0n) is 15.2. The van der Waals surface area contributed by atoms with Crippen molar-refractivity contribution < 1.29 is 22.7 Å². The number of anilines is 1. The molecule has 3 aromatic rings. The lowest BCUT2D eigenvalue weighted by atomic mass is 10.1. The number of thiophene rings is 1. The molecule has 1 N–H and O–H groups in total. The van der Waals surface area contributed by atoms with Crippen molar-refractivity contribution in [2.24, 2.45) is 4.40 Å². The van der Waals surface area contributed by atoms with Gasteiger partial charge < -0.3 is 10.1 Å². The van der Waals surface area contributed by atoms with Crippen LogP contribution in [0.1, 0.15) is 25.6 Å². The fourth-order valence-electron chi connectivity index (χ4n) is 2.77. The van der Waals surface area contributed by atoms with E-state index in [-0.39, 0.29) is 28.7 Å². The van der Waals surface area contributed by atoms with Gasteiger partial charge in [-0.1, -0.05) is 23.7 Å². The third kappa shape index (κ3) is 4.13. The third-order valence-electron chi connectivity index (χ3n) is 4.20. The van der Waals surface area contributed by atoms with E-state index in [0.717, 1.165) is 11.3 Å². The van der Waals surface area contributed by atoms with Gasteiger partial charge in [0.25, 0.3) is 10.0 Å². The number of rotatable bonds is 5. The fraction of sp³-hybridized carbons (Fsp3) is 0.0500. The Labute approximate surface area is 181 Å². The summed E-state index contributed by atoms with van der Waals surface area (Å²) in [7, 11) is -3.72. The normalized spacial score (nSPS) is 14.0. The van der Waals surface area contributed by atoms with Crippen molar-refractivity contribution in [2.45, 2.75) is 4.90 Å². The molecule has 2 aromatic carbocycles. The average Bonchev–Trinajstić information content (AvgIpc) is 3.28. The molecular weight excluding hydrogens is 448 g/mol. The Bertz CT molecular complexity index is 1280. The van der Waals surface area contributed by atoms with Gasteiger partial charge in [0.2, 0.25) is 5.78 Å². The second kappa shape index (κ2) is 8.02. The number of sulfonamides is 1. The monoisotopic (exact) mass is 460 g/mol. The number of hydrogen-bond acceptors (Lipinski definition) is 7. The Balaban J connectivity index is 1.41. The molecule has 0 radical (unpaired) electrons. The maximum Gasteiger partial charge on any atom is 0.338 e. The molecule has 0 fully saturated rings. The lowest BCUT2D eigenvalue weighted by molar-refractivity contribution is 0.0476. The van der Waals surface area contributed by atoms with Crippen LogP contribution in [0.2, 0.25) is 4.34 Å². The summed E-state index contributed by atoms with van der Waals surface area (Å²) < 4.78 is 33.5. The molecule has 0 saturated carbocycles. The van der Waals surface area contributed by atoms with Crippen LogP contribution in [0.15, 0.2) is 70.0 Å². The van der Waals surface area contributed by atoms with Gasteiger partial charge in [-0.15, -0.1) is 15.7 Å². The van der Waals surface area contributed by atoms with Crippen molar-refractivity contribution in [3.05, 3.63) is 81.0 Å². The second-order valence-corrected chi connectivity index (χ2v) is 9.50. The first-order valence-corrected chi connectivity index (χ1v) is 11.2. The number of Topliss-reactive ketones (excluding diaryl/α,β-unsaturated/α-hetero) is 1. The van der Waals surface area contributed by atoms with Gasteiger partial charge in [-0.3, -0.25) is 4.79 Å². The van der Waals surface area contributed by atoms with Crippen LogP contribution in [0.4, 0.5) is 5.69 Å². The third-order valence-corrected chi connectivity index (χ3v) is 6.80. The van der Waals surface area contributed by atoms with Gasteiger partial charge in [-0.25, -0.2) is 4.79 Å². The zero-order chi connectivity index (χ0) is 21.3. The van der Waals surface area contributed by atoms with Crippen LogP contribution in [0.25, 0.3) is 0 Å². The number of carbonyl (C=O) groups is 2. The molecule has 0 amide bonds. The van der Waals surface area contributed by atoms with Gasteiger partial charge in [0.05, 0.1) is 14.8 Å². The summed E-state index contributed by atoms with van der Waals surface area (Å²) in [5.74, 6) is -0.775. The Hall–Kier alpha value is -3.01. The minimum atomic E-state index is -3.72. The van der Waals surface area contributed by atoms with Crippen LogP contribution in [-0.2, 0) is 14.8 Å². The number of ether oxygens (including phenoxy) is 1. The molecule has 0 aliphatic carbocycles. The standard InChI is InChI=1S/C20H13ClN2O5S2/c21-18-10-9-16(29-18)15(24)11-28-20(25)12-5-7-13(8-6-12)22-19-14-3-1-2-4-17(14)30(26,27)23-19/h1-10H,11H2,(H,22,23). The highest BCUT2D eigenvalue weighted by atomic mass is 35.5. The molecule has 4 rings (SSSR count). The van der Waals surface area contributed by atoms with Crippen LogP contribution >= 0.6 is 22.9 Å². The number of amidine groups is 1. The van der Waals surface area contributed by atoms with Gasteiger partial charge >= 0.3 is 5.97 Å². The van der Waals surface area contributed by atoms with Gasteiger partial charge in [0.15, 0.2) is 12.4 Å². The van der Waals surface area contributed by atoms with E-state index in [4.69, 9.17) is 16.3 Å². The first-order chi connectivity index (χ1) is 14.3. The van der Waals surface area contributed by atoms with E-state index in [1.807, 2.05) is 0 Å². The fourth-order valence-corrected chi connectivity index (χ4v) is 4.92. The molecular formula is C20H13ClN2O5S2. The number of nitrogens with zero attached hydrogens (tertiary/aromatic N) is 1. The maximum absolute atomic E-state index is 12.2. The Kier molecular flexibility index (Phi) is 5.42. The van der Waals surface area contributed by atoms with E-state index in [1.54, 1.807) is 42.5 Å². The predicted molar refractivity (Wildman–Crippen MR) is 114 cm³/mol. The molecule has 0 bridgehead atoms. The Morgan fingerprint density at radius 1 is 1.03 bits per heavy atom. The topological polar surface area (TPSA) is 102 Å². The van der Waals surface area contributed by atoms with Crippen LogP contribution < -0.4 is 5.32 Å². The number of fused-ring (bicyclic) bond motifs is 1. The molecule has 1 aliphatic heterocycles. The number of halogens is 1. The number of hydrogen-bond donors (Lipinski definition) is 1. The number of ketones is 1. The lowest BCUT2D eigenvalue weighted by Crippen LogP contribution is -2.14. The highest BCUT2D eigenvalue weighted by Gasteiger charge is 2.28. The molecule has 152 valence electrons. The number of esters is 1. The summed E-state index contributed by atoms with van der Waals surface area (Å²) in [5, 5.41) is 2.95. The van der Waals surface area contributed by atoms with E-state index in [1.165, 1.54) is 18.2 Å². The van der Waals surface area contributed by atoms with Gasteiger partial charge in [-0.2, -0.15) is 8.42 Å². The predicted octanol–water partition coefficient (Wildman–Crippen LogP) is 4.00. The smallest absolute Gasteiger partial charge is 0.338 e. The molecule has 7 nitrogen and oxygen atoms in total. The maximum atomic E-state index is 12.2. The minimum absolute atomic E-state index is 0.143. The first kappa shape index (κ1) is 20.3. The van der Waals surface area contributed by atoms with Crippen LogP contribution in [0.3, 0.4) is 0 Å². The minimum Gasteiger partial charge on any atom is -0.454 e. The number of benzene rings is 2. The highest BCUT2D eigenvalue weighted by Crippen LogP contribution is 2.27. The van der Waals surface area contributed by atoms with E-state index >= 15 is 0 Å². The van der Waals surface area contributed by atoms with Crippen molar-refractivity contribution >= 4 is 56.2 Å². The highest BCUT2D eigenvalue weighted by molar-refractivity contribution is 7.90. The summed E-state index contributed by atoms with van der Waals surface area (Å²) in [6, 6.07) is 15.9. The van der Waals surface area contributed by atoms with Crippen LogP contribution in [0, 0.1) is 0 Å². The summed E-state index contributed by atoms with van der Waals surface area (Å²) in [6.07, 6.45) is 0. The molecule has 0 saturated heterocycles. The largest absolute Gasteiger partial charge is 0.454 e. The van der Waals surface area contributed by atoms with Gasteiger partial charge in [0, 0.05) is 11.3 Å². The van der Waals surface area contributed by atoms with Crippen molar-refractivity contribution in [2.75, 3.05) is 11.9 Å². The van der Waals surface area contributed by atoms with Crippen LogP contribution in [-0.4, -0.2) is 32.6 Å². The molecule has 1 aromatic heterocycles. The molecule has 0 unspecified atom stereocenters. The molecule has 2 heterocycles. The quantitative estimate of drug-likeness (QED) is 0.456. The Morgan fingerprint density at radius 2 is 1.77 bits per heavy atom. The van der Waals surface area contributed by atoms with Crippen molar-refractivity contribution in [3.63, 3.8) is 0 Å². The summed E-state index contributed by atoms with van der Waals surface area (Å²) in [4.78, 5) is 24.7. The van der Waals surface area contributed by atoms with Crippen LogP contribution in [0.5, 0.6) is 0 Å². The van der Waals surface area contributed by atoms with Gasteiger partial charge in [-0.05, 0) is 48.5 Å². The van der Waals surface area contributed by atoms with Crippen molar-refractivity contribution in [1.29, 1.82) is 0 Å². The summed E-state index contributed by atoms with van der Waals surface area (Å²) in [6.45, 7) is -0.388. The van der Waals surface area contributed by atoms with E-state index in [2.05, 4.69) is 9.71 Å².